The summed E-state index contributed by atoms with van der Waals surface area (Å²) >= 11 is 5.83. The molecule has 2 aromatic carbocycles. The van der Waals surface area contributed by atoms with Gasteiger partial charge in [0.15, 0.2) is 11.7 Å². The molecule has 0 aliphatic carbocycles. The molecule has 0 aliphatic rings. The molecule has 0 spiro atoms. The summed E-state index contributed by atoms with van der Waals surface area (Å²) in [5.74, 6) is -1.77. The number of methoxy groups -OCH3 is 1. The third-order valence-corrected chi connectivity index (χ3v) is 4.10. The standard InChI is InChI=1S/C20H19ClN2O3/c1-26-17-6-3-5-16(12-17)23-20(25)18(13-22)19(24)7-2-4-14-8-10-15(21)11-9-14/h3,5-6,8-12,18H,2,4,7H2,1H3,(H,23,25). The highest BCUT2D eigenvalue weighted by Crippen LogP contribution is 2.18. The number of rotatable bonds is 8. The van der Waals surface area contributed by atoms with Crippen LogP contribution in [0.5, 0.6) is 5.75 Å². The van der Waals surface area contributed by atoms with Crippen LogP contribution in [-0.4, -0.2) is 18.8 Å². The average molecular weight is 371 g/mol. The topological polar surface area (TPSA) is 79.2 Å². The molecule has 0 bridgehead atoms. The first-order valence-electron chi connectivity index (χ1n) is 8.15. The van der Waals surface area contributed by atoms with E-state index >= 15 is 0 Å². The zero-order valence-electron chi connectivity index (χ0n) is 14.4. The summed E-state index contributed by atoms with van der Waals surface area (Å²) in [5.41, 5.74) is 1.53. The molecular formula is C20H19ClN2O3. The maximum atomic E-state index is 12.2. The van der Waals surface area contributed by atoms with Crippen LogP contribution in [0.4, 0.5) is 5.69 Å². The summed E-state index contributed by atoms with van der Waals surface area (Å²) in [6, 6.07) is 15.9. The first-order chi connectivity index (χ1) is 12.5. The second kappa shape index (κ2) is 9.59. The predicted molar refractivity (Wildman–Crippen MR) is 100 cm³/mol. The number of aryl methyl sites for hydroxylation is 1. The van der Waals surface area contributed by atoms with Crippen molar-refractivity contribution in [3.63, 3.8) is 0 Å². The summed E-state index contributed by atoms with van der Waals surface area (Å²) in [6.45, 7) is 0. The van der Waals surface area contributed by atoms with Crippen molar-refractivity contribution in [2.75, 3.05) is 12.4 Å². The Labute approximate surface area is 157 Å². The maximum absolute atomic E-state index is 12.2. The van der Waals surface area contributed by atoms with Gasteiger partial charge in [0.2, 0.25) is 5.91 Å². The number of ketones is 1. The van der Waals surface area contributed by atoms with Gasteiger partial charge >= 0.3 is 0 Å². The summed E-state index contributed by atoms with van der Waals surface area (Å²) < 4.78 is 5.08. The van der Waals surface area contributed by atoms with E-state index in [4.69, 9.17) is 16.3 Å². The number of amides is 1. The minimum Gasteiger partial charge on any atom is -0.497 e. The van der Waals surface area contributed by atoms with Crippen molar-refractivity contribution in [2.24, 2.45) is 5.92 Å². The summed E-state index contributed by atoms with van der Waals surface area (Å²) in [6.07, 6.45) is 1.40. The van der Waals surface area contributed by atoms with E-state index in [-0.39, 0.29) is 12.2 Å². The molecule has 0 radical (unpaired) electrons. The predicted octanol–water partition coefficient (Wildman–Crippen LogP) is 4.02. The Kier molecular flexibility index (Phi) is 7.19. The molecule has 0 heterocycles. The van der Waals surface area contributed by atoms with E-state index in [2.05, 4.69) is 5.32 Å². The van der Waals surface area contributed by atoms with Gasteiger partial charge < -0.3 is 10.1 Å². The number of nitriles is 1. The Morgan fingerprint density at radius 1 is 1.23 bits per heavy atom. The molecule has 6 heteroatoms. The highest BCUT2D eigenvalue weighted by Gasteiger charge is 2.25. The van der Waals surface area contributed by atoms with Crippen LogP contribution in [-0.2, 0) is 16.0 Å². The largest absolute Gasteiger partial charge is 0.497 e. The zero-order chi connectivity index (χ0) is 18.9. The number of ether oxygens (including phenoxy) is 1. The van der Waals surface area contributed by atoms with Crippen molar-refractivity contribution >= 4 is 29.0 Å². The minimum atomic E-state index is -1.33. The monoisotopic (exact) mass is 370 g/mol. The van der Waals surface area contributed by atoms with Crippen molar-refractivity contribution in [3.8, 4) is 11.8 Å². The number of nitrogens with one attached hydrogen (secondary N) is 1. The number of anilines is 1. The lowest BCUT2D eigenvalue weighted by atomic mass is 9.98. The lowest BCUT2D eigenvalue weighted by Gasteiger charge is -2.10. The molecule has 2 rings (SSSR count). The van der Waals surface area contributed by atoms with Crippen LogP contribution in [0, 0.1) is 17.2 Å². The Balaban J connectivity index is 1.89. The smallest absolute Gasteiger partial charge is 0.249 e. The number of carbonyl (C=O) groups is 2. The fraction of sp³-hybridized carbons (Fsp3) is 0.250. The fourth-order valence-electron chi connectivity index (χ4n) is 2.45. The normalized spacial score (nSPS) is 11.3. The van der Waals surface area contributed by atoms with Crippen molar-refractivity contribution in [1.29, 1.82) is 5.26 Å². The third kappa shape index (κ3) is 5.61. The molecule has 134 valence electrons. The van der Waals surface area contributed by atoms with Gasteiger partial charge in [0.25, 0.3) is 0 Å². The molecule has 1 atom stereocenters. The first kappa shape index (κ1) is 19.5. The van der Waals surface area contributed by atoms with Gasteiger partial charge in [0, 0.05) is 23.2 Å². The first-order valence-corrected chi connectivity index (χ1v) is 8.53. The van der Waals surface area contributed by atoms with Gasteiger partial charge in [0.1, 0.15) is 5.75 Å². The van der Waals surface area contributed by atoms with Crippen LogP contribution >= 0.6 is 11.6 Å². The number of carbonyl (C=O) groups excluding carboxylic acids is 2. The lowest BCUT2D eigenvalue weighted by Crippen LogP contribution is -2.28. The van der Waals surface area contributed by atoms with Crippen molar-refractivity contribution < 1.29 is 14.3 Å². The van der Waals surface area contributed by atoms with E-state index in [0.29, 0.717) is 29.3 Å². The van der Waals surface area contributed by atoms with Crippen LogP contribution in [0.1, 0.15) is 18.4 Å². The number of nitrogens with zero attached hydrogens (tertiary/aromatic N) is 1. The van der Waals surface area contributed by atoms with Gasteiger partial charge in [-0.25, -0.2) is 0 Å². The number of hydrogen-bond acceptors (Lipinski definition) is 4. The van der Waals surface area contributed by atoms with Crippen LogP contribution in [0.2, 0.25) is 5.02 Å². The third-order valence-electron chi connectivity index (χ3n) is 3.85. The maximum Gasteiger partial charge on any atom is 0.249 e. The van der Waals surface area contributed by atoms with E-state index in [1.54, 1.807) is 42.5 Å². The van der Waals surface area contributed by atoms with Crippen LogP contribution in [0.15, 0.2) is 48.5 Å². The van der Waals surface area contributed by atoms with Crippen molar-refractivity contribution in [3.05, 3.63) is 59.1 Å². The number of benzene rings is 2. The van der Waals surface area contributed by atoms with Crippen LogP contribution in [0.25, 0.3) is 0 Å². The molecule has 5 nitrogen and oxygen atoms in total. The molecule has 1 amide bonds. The number of Topliss-reactive ketones (excluding diaryl/α,β-unsaturated/α-hetero) is 1. The molecule has 1 N–H and O–H groups in total. The fourth-order valence-corrected chi connectivity index (χ4v) is 2.58. The van der Waals surface area contributed by atoms with Gasteiger partial charge in [-0.2, -0.15) is 5.26 Å². The Morgan fingerprint density at radius 3 is 2.62 bits per heavy atom. The second-order valence-corrected chi connectivity index (χ2v) is 6.17. The summed E-state index contributed by atoms with van der Waals surface area (Å²) in [4.78, 5) is 24.5. The van der Waals surface area contributed by atoms with Gasteiger partial charge in [-0.15, -0.1) is 0 Å². The SMILES string of the molecule is COc1cccc(NC(=O)C(C#N)C(=O)CCCc2ccc(Cl)cc2)c1. The summed E-state index contributed by atoms with van der Waals surface area (Å²) in [7, 11) is 1.52. The van der Waals surface area contributed by atoms with E-state index < -0.39 is 11.8 Å². The highest BCUT2D eigenvalue weighted by molar-refractivity contribution is 6.30. The van der Waals surface area contributed by atoms with Gasteiger partial charge in [-0.3, -0.25) is 9.59 Å². The molecule has 0 fully saturated rings. The van der Waals surface area contributed by atoms with E-state index in [9.17, 15) is 14.9 Å². The van der Waals surface area contributed by atoms with E-state index in [0.717, 1.165) is 5.56 Å². The molecule has 0 aromatic heterocycles. The Hall–Kier alpha value is -2.84. The molecule has 1 unspecified atom stereocenters. The summed E-state index contributed by atoms with van der Waals surface area (Å²) in [5, 5.41) is 12.5. The van der Waals surface area contributed by atoms with Crippen LogP contribution < -0.4 is 10.1 Å². The molecule has 2 aromatic rings. The van der Waals surface area contributed by atoms with E-state index in [1.807, 2.05) is 12.1 Å². The van der Waals surface area contributed by atoms with Crippen molar-refractivity contribution in [2.45, 2.75) is 19.3 Å². The average Bonchev–Trinajstić information content (AvgIpc) is 2.64. The van der Waals surface area contributed by atoms with Gasteiger partial charge in [-0.05, 0) is 42.7 Å². The zero-order valence-corrected chi connectivity index (χ0v) is 15.1. The van der Waals surface area contributed by atoms with E-state index in [1.165, 1.54) is 7.11 Å². The molecule has 0 saturated carbocycles. The van der Waals surface area contributed by atoms with Crippen LogP contribution in [0.3, 0.4) is 0 Å². The molecular weight excluding hydrogens is 352 g/mol. The second-order valence-electron chi connectivity index (χ2n) is 5.73. The van der Waals surface area contributed by atoms with Crippen molar-refractivity contribution in [1.82, 2.24) is 0 Å². The number of halogens is 1. The Morgan fingerprint density at radius 2 is 1.96 bits per heavy atom. The molecule has 26 heavy (non-hydrogen) atoms. The molecule has 0 aliphatic heterocycles. The van der Waals surface area contributed by atoms with Gasteiger partial charge in [0.05, 0.1) is 13.2 Å². The quantitative estimate of drug-likeness (QED) is 0.712. The number of hydrogen-bond donors (Lipinski definition) is 1. The van der Waals surface area contributed by atoms with Gasteiger partial charge in [-0.1, -0.05) is 29.8 Å². The highest BCUT2D eigenvalue weighted by atomic mass is 35.5. The molecule has 0 saturated heterocycles. The minimum absolute atomic E-state index is 0.159. The Bertz CT molecular complexity index is 813. The lowest BCUT2D eigenvalue weighted by molar-refractivity contribution is -0.128.